The summed E-state index contributed by atoms with van der Waals surface area (Å²) in [6.07, 6.45) is -1.32. The van der Waals surface area contributed by atoms with Crippen molar-refractivity contribution in [3.05, 3.63) is 85.4 Å². The van der Waals surface area contributed by atoms with Crippen LogP contribution in [0.15, 0.2) is 48.3 Å². The molecule has 5 nitrogen and oxygen atoms in total. The lowest BCUT2D eigenvalue weighted by Gasteiger charge is -2.21. The van der Waals surface area contributed by atoms with E-state index in [2.05, 4.69) is 59.2 Å². The van der Waals surface area contributed by atoms with Crippen molar-refractivity contribution in [2.24, 2.45) is 0 Å². The van der Waals surface area contributed by atoms with Gasteiger partial charge in [-0.25, -0.2) is 0 Å². The third kappa shape index (κ3) is 15.6. The van der Waals surface area contributed by atoms with Crippen molar-refractivity contribution in [2.45, 2.75) is 46.2 Å². The molecule has 37 heavy (non-hydrogen) atoms. The van der Waals surface area contributed by atoms with Crippen LogP contribution in [0.2, 0.25) is 0 Å². The smallest absolute Gasteiger partial charge is 0.375 e. The zero-order chi connectivity index (χ0) is 28.3. The molecular formula is C29H44F3N4O. The van der Waals surface area contributed by atoms with Crippen LogP contribution in [0.4, 0.5) is 24.5 Å². The fraction of sp³-hybridized carbons (Fsp3) is 0.414. The Morgan fingerprint density at radius 1 is 1.03 bits per heavy atom. The second kappa shape index (κ2) is 19.1. The number of nitriles is 1. The average Bonchev–Trinajstić information content (AvgIpc) is 2.85. The van der Waals surface area contributed by atoms with E-state index in [1.165, 1.54) is 11.1 Å². The molecule has 0 atom stereocenters. The molecule has 0 aliphatic rings. The topological polar surface area (TPSA) is 60.3 Å². The molecule has 0 unspecified atom stereocenters. The van der Waals surface area contributed by atoms with Crippen LogP contribution in [0, 0.1) is 38.7 Å². The molecular weight excluding hydrogens is 477 g/mol. The van der Waals surface area contributed by atoms with Gasteiger partial charge in [-0.3, -0.25) is 0 Å². The number of nitrogens with zero attached hydrogens (tertiary/aromatic N) is 2. The maximum absolute atomic E-state index is 10.9. The molecule has 2 rings (SSSR count). The van der Waals surface area contributed by atoms with E-state index < -0.39 is 12.8 Å². The first-order chi connectivity index (χ1) is 17.6. The lowest BCUT2D eigenvalue weighted by Crippen LogP contribution is -2.28. The number of halogens is 3. The van der Waals surface area contributed by atoms with Crippen molar-refractivity contribution in [1.82, 2.24) is 4.90 Å². The summed E-state index contributed by atoms with van der Waals surface area (Å²) in [5.41, 5.74) is 4.95. The third-order valence-electron chi connectivity index (χ3n) is 4.87. The van der Waals surface area contributed by atoms with Crippen molar-refractivity contribution < 1.29 is 20.8 Å². The van der Waals surface area contributed by atoms with E-state index in [1.807, 2.05) is 32.0 Å². The number of aryl methyl sites for hydroxylation is 1. The van der Waals surface area contributed by atoms with Crippen LogP contribution in [0.1, 0.15) is 46.2 Å². The summed E-state index contributed by atoms with van der Waals surface area (Å²) >= 11 is 0. The average molecular weight is 522 g/mol. The van der Waals surface area contributed by atoms with Crippen LogP contribution in [0.5, 0.6) is 0 Å². The van der Waals surface area contributed by atoms with Crippen molar-refractivity contribution in [1.29, 1.82) is 5.26 Å². The van der Waals surface area contributed by atoms with E-state index in [0.29, 0.717) is 11.4 Å². The highest BCUT2D eigenvalue weighted by molar-refractivity contribution is 5.57. The summed E-state index contributed by atoms with van der Waals surface area (Å²) in [5, 5.41) is 15.1. The molecule has 0 saturated carbocycles. The highest BCUT2D eigenvalue weighted by Crippen LogP contribution is 2.19. The number of anilines is 2. The fourth-order valence-electron chi connectivity index (χ4n) is 3.25. The minimum absolute atomic E-state index is 0. The van der Waals surface area contributed by atoms with E-state index in [4.69, 9.17) is 11.8 Å². The first-order valence-electron chi connectivity index (χ1n) is 12.2. The van der Waals surface area contributed by atoms with E-state index in [-0.39, 0.29) is 2.85 Å². The predicted molar refractivity (Wildman–Crippen MR) is 151 cm³/mol. The molecule has 2 N–H and O–H groups in total. The molecule has 0 aliphatic carbocycles. The number of alkyl halides is 3. The number of nitrogens with one attached hydrogen (secondary N) is 2. The van der Waals surface area contributed by atoms with Gasteiger partial charge in [0.1, 0.15) is 12.4 Å². The number of rotatable bonds is 12. The monoisotopic (exact) mass is 521 g/mol. The maximum Gasteiger partial charge on any atom is 0.411 e. The third-order valence-corrected chi connectivity index (χ3v) is 4.87. The Labute approximate surface area is 224 Å². The van der Waals surface area contributed by atoms with E-state index >= 15 is 0 Å². The Bertz CT molecular complexity index is 943. The van der Waals surface area contributed by atoms with Crippen LogP contribution in [-0.2, 0) is 11.2 Å². The van der Waals surface area contributed by atoms with E-state index in [9.17, 15) is 13.2 Å². The Hall–Kier alpha value is -3.02. The van der Waals surface area contributed by atoms with Gasteiger partial charge in [0.05, 0.1) is 11.6 Å². The van der Waals surface area contributed by atoms with Gasteiger partial charge in [-0.1, -0.05) is 33.8 Å². The molecule has 0 heterocycles. The van der Waals surface area contributed by atoms with Gasteiger partial charge in [0, 0.05) is 27.9 Å². The summed E-state index contributed by atoms with van der Waals surface area (Å²) < 4.78 is 36.6. The van der Waals surface area contributed by atoms with Gasteiger partial charge in [0.25, 0.3) is 0 Å². The van der Waals surface area contributed by atoms with Crippen molar-refractivity contribution in [3.63, 3.8) is 0 Å². The first kappa shape index (κ1) is 34.0. The predicted octanol–water partition coefficient (Wildman–Crippen LogP) is 7.67. The molecule has 3 radical (unpaired) electrons. The van der Waals surface area contributed by atoms with Gasteiger partial charge in [0.2, 0.25) is 0 Å². The maximum atomic E-state index is 10.9. The molecule has 2 aromatic carbocycles. The second-order valence-corrected chi connectivity index (χ2v) is 7.84. The summed E-state index contributed by atoms with van der Waals surface area (Å²) in [6, 6.07) is 15.6. The molecule has 0 saturated heterocycles. The lowest BCUT2D eigenvalue weighted by atomic mass is 10.0. The fourth-order valence-corrected chi connectivity index (χ4v) is 3.25. The van der Waals surface area contributed by atoms with Gasteiger partial charge in [-0.2, -0.15) is 18.4 Å². The lowest BCUT2D eigenvalue weighted by molar-refractivity contribution is -0.167. The summed E-state index contributed by atoms with van der Waals surface area (Å²) in [6.45, 7) is 22.0. The number of hydrogen-bond acceptors (Lipinski definition) is 5. The van der Waals surface area contributed by atoms with Crippen LogP contribution in [-0.4, -0.2) is 44.4 Å². The van der Waals surface area contributed by atoms with Gasteiger partial charge in [-0.05, 0) is 93.4 Å². The normalized spacial score (nSPS) is 10.4. The zero-order valence-electron chi connectivity index (χ0n) is 22.4. The Kier molecular flexibility index (Phi) is 17.6. The largest absolute Gasteiger partial charge is 0.411 e. The molecule has 2 aromatic rings. The van der Waals surface area contributed by atoms with Crippen LogP contribution in [0.3, 0.4) is 0 Å². The van der Waals surface area contributed by atoms with Gasteiger partial charge in [-0.15, -0.1) is 0 Å². The standard InChI is InChI=1S/C24H29N4.C3H5F3O.C2H6.2H2/c1-5-14-28(15-6-2)16-13-22-9-12-24(17-19(22)3)27-20(4)26-23-10-7-21(18-25)8-11-23;1-7-2-3(4,5)6;1-2;;/h4,7-12,17,26-27H,1-2,5-6,13-16H2,3H3;2H2,1H3;1-2H3;2*1H. The summed E-state index contributed by atoms with van der Waals surface area (Å²) in [5.74, 6) is 0.439. The number of ether oxygens (including phenoxy) is 1. The SMILES string of the molecule is CC.COCC(F)(F)F.[CH]=C(Nc1ccc(C#N)cc1)Nc1ccc(CCN(CC[CH2])CC[CH2])c(C)c1.[HH].[HH]. The zero-order valence-corrected chi connectivity index (χ0v) is 22.4. The molecule has 0 aromatic heterocycles. The van der Waals surface area contributed by atoms with Crippen LogP contribution in [0.25, 0.3) is 0 Å². The van der Waals surface area contributed by atoms with Gasteiger partial charge >= 0.3 is 6.18 Å². The van der Waals surface area contributed by atoms with Gasteiger partial charge < -0.3 is 20.3 Å². The molecule has 0 aliphatic heterocycles. The molecule has 0 amide bonds. The van der Waals surface area contributed by atoms with Crippen molar-refractivity contribution in [2.75, 3.05) is 44.0 Å². The van der Waals surface area contributed by atoms with Crippen LogP contribution < -0.4 is 10.6 Å². The van der Waals surface area contributed by atoms with Crippen molar-refractivity contribution in [3.8, 4) is 6.07 Å². The molecule has 207 valence electrons. The number of hydrogen-bond donors (Lipinski definition) is 2. The van der Waals surface area contributed by atoms with Crippen molar-refractivity contribution >= 4 is 11.4 Å². The molecule has 0 fully saturated rings. The Morgan fingerprint density at radius 2 is 1.57 bits per heavy atom. The quantitative estimate of drug-likeness (QED) is 0.300. The molecule has 0 bridgehead atoms. The molecule has 0 spiro atoms. The number of methoxy groups -OCH3 is 1. The Balaban J connectivity index is -0.00000103. The highest BCUT2D eigenvalue weighted by Gasteiger charge is 2.26. The molecule has 8 heteroatoms. The Morgan fingerprint density at radius 3 is 2.00 bits per heavy atom. The van der Waals surface area contributed by atoms with E-state index in [0.717, 1.165) is 57.4 Å². The van der Waals surface area contributed by atoms with E-state index in [1.54, 1.807) is 12.1 Å². The summed E-state index contributed by atoms with van der Waals surface area (Å²) in [7, 11) is 1.01. The number of benzene rings is 2. The minimum atomic E-state index is -4.17. The second-order valence-electron chi connectivity index (χ2n) is 7.84. The minimum Gasteiger partial charge on any atom is -0.375 e. The summed E-state index contributed by atoms with van der Waals surface area (Å²) in [4.78, 5) is 2.42. The van der Waals surface area contributed by atoms with Crippen LogP contribution >= 0.6 is 0 Å². The highest BCUT2D eigenvalue weighted by atomic mass is 19.4. The first-order valence-corrected chi connectivity index (χ1v) is 12.2. The van der Waals surface area contributed by atoms with Gasteiger partial charge in [0.15, 0.2) is 0 Å².